The zero-order valence-electron chi connectivity index (χ0n) is 17.6. The van der Waals surface area contributed by atoms with E-state index in [9.17, 15) is 0 Å². The molecule has 6 rings (SSSR count). The lowest BCUT2D eigenvalue weighted by molar-refractivity contribution is 0.927. The Morgan fingerprint density at radius 1 is 0.793 bits per heavy atom. The van der Waals surface area contributed by atoms with E-state index in [2.05, 4.69) is 86.7 Å². The third kappa shape index (κ3) is 2.08. The van der Waals surface area contributed by atoms with E-state index in [0.717, 1.165) is 5.52 Å². The Kier molecular flexibility index (Phi) is 3.14. The third-order valence-corrected chi connectivity index (χ3v) is 8.69. The first-order valence-electron chi connectivity index (χ1n) is 10.3. The molecular weight excluding hydrogens is 368 g/mol. The summed E-state index contributed by atoms with van der Waals surface area (Å²) in [6.07, 6.45) is 1.98. The molecule has 3 heteroatoms. The van der Waals surface area contributed by atoms with Gasteiger partial charge in [-0.15, -0.1) is 0 Å². The predicted molar refractivity (Wildman–Crippen MR) is 130 cm³/mol. The van der Waals surface area contributed by atoms with Crippen molar-refractivity contribution in [3.8, 4) is 0 Å². The van der Waals surface area contributed by atoms with Crippen molar-refractivity contribution in [3.63, 3.8) is 0 Å². The van der Waals surface area contributed by atoms with Crippen LogP contribution in [-0.2, 0) is 7.05 Å². The molecule has 4 aromatic carbocycles. The molecule has 2 nitrogen and oxygen atoms in total. The lowest BCUT2D eigenvalue weighted by Gasteiger charge is -2.21. The number of aryl methyl sites for hydroxylation is 2. The normalized spacial score (nSPS) is 13.0. The summed E-state index contributed by atoms with van der Waals surface area (Å²) in [5.74, 6) is 0. The van der Waals surface area contributed by atoms with E-state index in [0.29, 0.717) is 0 Å². The summed E-state index contributed by atoms with van der Waals surface area (Å²) in [6.45, 7) is 9.62. The zero-order valence-corrected chi connectivity index (χ0v) is 18.6. The van der Waals surface area contributed by atoms with Crippen LogP contribution in [0.2, 0.25) is 19.6 Å². The molecule has 0 saturated heterocycles. The van der Waals surface area contributed by atoms with Gasteiger partial charge >= 0.3 is 0 Å². The molecule has 142 valence electrons. The maximum absolute atomic E-state index is 4.90. The number of hydrogen-bond acceptors (Lipinski definition) is 1. The first-order chi connectivity index (χ1) is 13.9. The van der Waals surface area contributed by atoms with E-state index in [4.69, 9.17) is 4.98 Å². The Bertz CT molecular complexity index is 1600. The first-order valence-corrected chi connectivity index (χ1v) is 13.8. The summed E-state index contributed by atoms with van der Waals surface area (Å²) in [4.78, 5) is 4.90. The molecule has 29 heavy (non-hydrogen) atoms. The van der Waals surface area contributed by atoms with Crippen LogP contribution in [0.4, 0.5) is 0 Å². The predicted octanol–water partition coefficient (Wildman–Crippen LogP) is 6.48. The van der Waals surface area contributed by atoms with Crippen LogP contribution in [0.25, 0.3) is 54.1 Å². The topological polar surface area (TPSA) is 17.8 Å². The number of pyridine rings is 1. The van der Waals surface area contributed by atoms with Crippen LogP contribution >= 0.6 is 0 Å². The van der Waals surface area contributed by atoms with Gasteiger partial charge in [-0.2, -0.15) is 0 Å². The summed E-state index contributed by atoms with van der Waals surface area (Å²) in [7, 11) is 0.709. The first kappa shape index (κ1) is 17.0. The highest BCUT2D eigenvalue weighted by Crippen LogP contribution is 2.43. The molecule has 2 heterocycles. The third-order valence-electron chi connectivity index (χ3n) is 6.69. The summed E-state index contributed by atoms with van der Waals surface area (Å²) in [6, 6.07) is 18.0. The summed E-state index contributed by atoms with van der Waals surface area (Å²) < 4.78 is 2.43. The van der Waals surface area contributed by atoms with E-state index in [1.54, 1.807) is 5.19 Å². The minimum Gasteiger partial charge on any atom is -0.347 e. The van der Waals surface area contributed by atoms with Crippen LogP contribution in [0.15, 0.2) is 54.7 Å². The minimum atomic E-state index is -1.53. The van der Waals surface area contributed by atoms with E-state index >= 15 is 0 Å². The van der Waals surface area contributed by atoms with Crippen molar-refractivity contribution in [3.05, 3.63) is 60.4 Å². The molecule has 0 aliphatic rings. The van der Waals surface area contributed by atoms with Crippen LogP contribution in [0.3, 0.4) is 0 Å². The van der Waals surface area contributed by atoms with E-state index in [1.807, 2.05) is 6.20 Å². The van der Waals surface area contributed by atoms with Crippen molar-refractivity contribution in [1.82, 2.24) is 9.55 Å². The SMILES string of the molecule is Cc1c2c3cc4ccccc4cc3c3nccc4cc([Si](C)(C)C)c(c2c43)n1C. The number of rotatable bonds is 1. The number of hydrogen-bond donors (Lipinski definition) is 0. The Labute approximate surface area is 171 Å². The average molecular weight is 393 g/mol. The van der Waals surface area contributed by atoms with Gasteiger partial charge in [-0.3, -0.25) is 4.98 Å². The Hall–Kier alpha value is -2.91. The largest absolute Gasteiger partial charge is 0.347 e. The zero-order chi connectivity index (χ0) is 20.1. The van der Waals surface area contributed by atoms with Crippen LogP contribution in [0.1, 0.15) is 5.69 Å². The summed E-state index contributed by atoms with van der Waals surface area (Å²) in [5.41, 5.74) is 3.89. The highest BCUT2D eigenvalue weighted by molar-refractivity contribution is 6.90. The molecule has 2 aromatic heterocycles. The van der Waals surface area contributed by atoms with Crippen LogP contribution in [0.5, 0.6) is 0 Å². The van der Waals surface area contributed by atoms with Gasteiger partial charge in [0.1, 0.15) is 0 Å². The van der Waals surface area contributed by atoms with Gasteiger partial charge in [0.2, 0.25) is 0 Å². The van der Waals surface area contributed by atoms with Gasteiger partial charge < -0.3 is 4.57 Å². The molecule has 0 unspecified atom stereocenters. The van der Waals surface area contributed by atoms with Gasteiger partial charge in [0.05, 0.1) is 13.6 Å². The molecule has 6 aromatic rings. The summed E-state index contributed by atoms with van der Waals surface area (Å²) >= 11 is 0. The second-order valence-electron chi connectivity index (χ2n) is 9.42. The minimum absolute atomic E-state index is 1.13. The van der Waals surface area contributed by atoms with Gasteiger partial charge in [-0.25, -0.2) is 0 Å². The fourth-order valence-corrected chi connectivity index (χ4v) is 6.78. The molecule has 0 bridgehead atoms. The second-order valence-corrected chi connectivity index (χ2v) is 14.5. The highest BCUT2D eigenvalue weighted by Gasteiger charge is 2.27. The van der Waals surface area contributed by atoms with Gasteiger partial charge in [-0.1, -0.05) is 50.0 Å². The monoisotopic (exact) mass is 392 g/mol. The highest BCUT2D eigenvalue weighted by atomic mass is 28.3. The molecule has 0 aliphatic heterocycles. The molecule has 0 amide bonds. The lowest BCUT2D eigenvalue weighted by Crippen LogP contribution is -2.38. The lowest BCUT2D eigenvalue weighted by atomic mass is 9.93. The van der Waals surface area contributed by atoms with Crippen molar-refractivity contribution >= 4 is 67.4 Å². The number of nitrogens with zero attached hydrogens (tertiary/aromatic N) is 2. The average Bonchev–Trinajstić information content (AvgIpc) is 2.96. The van der Waals surface area contributed by atoms with Crippen molar-refractivity contribution in [1.29, 1.82) is 0 Å². The molecule has 0 N–H and O–H groups in total. The maximum atomic E-state index is 4.90. The Morgan fingerprint density at radius 2 is 1.48 bits per heavy atom. The van der Waals surface area contributed by atoms with Gasteiger partial charge in [0.15, 0.2) is 0 Å². The molecule has 0 fully saturated rings. The van der Waals surface area contributed by atoms with Crippen LogP contribution in [-0.4, -0.2) is 17.6 Å². The van der Waals surface area contributed by atoms with E-state index < -0.39 is 8.07 Å². The standard InChI is InChI=1S/C26H24N2Si/c1-15-22-19-12-16-8-6-7-9-17(16)13-20(19)25-23-18(10-11-27-25)14-21(29(3,4)5)26(24(22)23)28(15)2/h6-14H,1-5H3. The van der Waals surface area contributed by atoms with Gasteiger partial charge in [-0.05, 0) is 51.9 Å². The summed E-state index contributed by atoms with van der Waals surface area (Å²) in [5, 5.41) is 12.1. The molecule has 0 atom stereocenters. The van der Waals surface area contributed by atoms with E-state index in [-0.39, 0.29) is 0 Å². The van der Waals surface area contributed by atoms with Crippen LogP contribution in [0, 0.1) is 6.92 Å². The Morgan fingerprint density at radius 3 is 2.17 bits per heavy atom. The molecule has 0 aliphatic carbocycles. The quantitative estimate of drug-likeness (QED) is 0.178. The molecule has 0 saturated carbocycles. The number of fused-ring (bicyclic) bond motifs is 4. The smallest absolute Gasteiger partial charge is 0.0803 e. The fraction of sp³-hybridized carbons (Fsp3) is 0.192. The molecule has 0 radical (unpaired) electrons. The molecular formula is C26H24N2Si. The van der Waals surface area contributed by atoms with Crippen molar-refractivity contribution in [2.45, 2.75) is 26.6 Å². The molecule has 0 spiro atoms. The van der Waals surface area contributed by atoms with Crippen molar-refractivity contribution in [2.24, 2.45) is 7.05 Å². The van der Waals surface area contributed by atoms with Gasteiger partial charge in [0, 0.05) is 46.0 Å². The Balaban J connectivity index is 2.02. The van der Waals surface area contributed by atoms with Crippen LogP contribution < -0.4 is 5.19 Å². The number of aromatic nitrogens is 2. The van der Waals surface area contributed by atoms with Crippen molar-refractivity contribution in [2.75, 3.05) is 0 Å². The fourth-order valence-electron chi connectivity index (χ4n) is 5.19. The van der Waals surface area contributed by atoms with Crippen molar-refractivity contribution < 1.29 is 0 Å². The second kappa shape index (κ2) is 5.36. The van der Waals surface area contributed by atoms with Gasteiger partial charge in [0.25, 0.3) is 0 Å². The van der Waals surface area contributed by atoms with E-state index in [1.165, 1.54) is 54.3 Å². The maximum Gasteiger partial charge on any atom is 0.0803 e. The number of benzene rings is 4.